The smallest absolute Gasteiger partial charge is 0.146 e. The van der Waals surface area contributed by atoms with Crippen LogP contribution in [-0.2, 0) is 0 Å². The van der Waals surface area contributed by atoms with Crippen molar-refractivity contribution in [2.24, 2.45) is 5.92 Å². The Kier molecular flexibility index (Phi) is 3.40. The minimum Gasteiger partial charge on any atom is -0.383 e. The molecule has 1 aliphatic rings. The summed E-state index contributed by atoms with van der Waals surface area (Å²) in [6.45, 7) is 6.62. The van der Waals surface area contributed by atoms with E-state index in [0.29, 0.717) is 11.9 Å². The first-order valence-electron chi connectivity index (χ1n) is 7.71. The minimum absolute atomic E-state index is 0.569. The topological polar surface area (TPSA) is 56.7 Å². The van der Waals surface area contributed by atoms with Crippen LogP contribution in [0.4, 0.5) is 5.82 Å². The van der Waals surface area contributed by atoms with Gasteiger partial charge in [0.2, 0.25) is 0 Å². The molecule has 0 bridgehead atoms. The van der Waals surface area contributed by atoms with Crippen molar-refractivity contribution in [1.82, 2.24) is 14.5 Å². The van der Waals surface area contributed by atoms with E-state index in [1.165, 1.54) is 43.4 Å². The molecule has 2 aromatic rings. The van der Waals surface area contributed by atoms with Crippen LogP contribution in [0.15, 0.2) is 6.33 Å². The molecule has 108 valence electrons. The van der Waals surface area contributed by atoms with Gasteiger partial charge >= 0.3 is 0 Å². The van der Waals surface area contributed by atoms with Gasteiger partial charge in [-0.2, -0.15) is 0 Å². The molecular weight excluding hydrogens is 248 g/mol. The number of rotatable bonds is 2. The molecule has 2 aromatic heterocycles. The van der Waals surface area contributed by atoms with Crippen molar-refractivity contribution in [3.05, 3.63) is 17.6 Å². The number of fused-ring (bicyclic) bond motifs is 1. The minimum atomic E-state index is 0.569. The summed E-state index contributed by atoms with van der Waals surface area (Å²) >= 11 is 0. The van der Waals surface area contributed by atoms with E-state index in [4.69, 9.17) is 5.73 Å². The summed E-state index contributed by atoms with van der Waals surface area (Å²) in [5.41, 5.74) is 9.61. The lowest BCUT2D eigenvalue weighted by molar-refractivity contribution is 0.263. The monoisotopic (exact) mass is 272 g/mol. The zero-order valence-corrected chi connectivity index (χ0v) is 12.7. The Morgan fingerprint density at radius 1 is 1.30 bits per heavy atom. The summed E-state index contributed by atoms with van der Waals surface area (Å²) < 4.78 is 2.42. The predicted molar refractivity (Wildman–Crippen MR) is 82.7 cm³/mol. The number of nitrogen functional groups attached to an aromatic ring is 1. The molecule has 2 heterocycles. The number of nitrogens with two attached hydrogens (primary N) is 1. The molecule has 0 amide bonds. The molecule has 3 rings (SSSR count). The summed E-state index contributed by atoms with van der Waals surface area (Å²) in [7, 11) is 0. The predicted octanol–water partition coefficient (Wildman–Crippen LogP) is 3.77. The lowest BCUT2D eigenvalue weighted by atomic mass is 9.84. The Bertz CT molecular complexity index is 629. The van der Waals surface area contributed by atoms with Crippen molar-refractivity contribution >= 4 is 16.9 Å². The third kappa shape index (κ3) is 1.98. The molecule has 20 heavy (non-hydrogen) atoms. The first-order valence-corrected chi connectivity index (χ1v) is 7.71. The third-order valence-corrected chi connectivity index (χ3v) is 5.06. The van der Waals surface area contributed by atoms with Crippen molar-refractivity contribution in [2.75, 3.05) is 5.73 Å². The average Bonchev–Trinajstić information content (AvgIpc) is 2.72. The largest absolute Gasteiger partial charge is 0.383 e. The molecule has 2 N–H and O–H groups in total. The van der Waals surface area contributed by atoms with Crippen LogP contribution >= 0.6 is 0 Å². The third-order valence-electron chi connectivity index (χ3n) is 5.06. The zero-order chi connectivity index (χ0) is 14.3. The molecule has 0 radical (unpaired) electrons. The molecule has 0 spiro atoms. The Balaban J connectivity index is 2.11. The molecule has 2 unspecified atom stereocenters. The number of nitrogens with zero attached hydrogens (tertiary/aromatic N) is 3. The highest BCUT2D eigenvalue weighted by Crippen LogP contribution is 2.38. The van der Waals surface area contributed by atoms with E-state index in [2.05, 4.69) is 35.3 Å². The maximum absolute atomic E-state index is 6.06. The first kappa shape index (κ1) is 13.4. The van der Waals surface area contributed by atoms with Gasteiger partial charge < -0.3 is 10.3 Å². The zero-order valence-electron chi connectivity index (χ0n) is 12.7. The van der Waals surface area contributed by atoms with Crippen molar-refractivity contribution in [1.29, 1.82) is 0 Å². The van der Waals surface area contributed by atoms with Gasteiger partial charge in [-0.1, -0.05) is 26.2 Å². The van der Waals surface area contributed by atoms with Gasteiger partial charge in [-0.05, 0) is 38.2 Å². The number of hydrogen-bond acceptors (Lipinski definition) is 3. The van der Waals surface area contributed by atoms with Gasteiger partial charge in [-0.3, -0.25) is 0 Å². The number of hydrogen-bond donors (Lipinski definition) is 1. The van der Waals surface area contributed by atoms with E-state index < -0.39 is 0 Å². The summed E-state index contributed by atoms with van der Waals surface area (Å²) in [6, 6.07) is 0.569. The highest BCUT2D eigenvalue weighted by Gasteiger charge is 2.26. The number of anilines is 1. The molecule has 0 aromatic carbocycles. The van der Waals surface area contributed by atoms with Crippen LogP contribution in [0.1, 0.15) is 56.3 Å². The van der Waals surface area contributed by atoms with Gasteiger partial charge in [-0.25, -0.2) is 9.97 Å². The van der Waals surface area contributed by atoms with Gasteiger partial charge in [-0.15, -0.1) is 0 Å². The quantitative estimate of drug-likeness (QED) is 0.905. The van der Waals surface area contributed by atoms with E-state index in [9.17, 15) is 0 Å². The fourth-order valence-electron chi connectivity index (χ4n) is 3.77. The van der Waals surface area contributed by atoms with Crippen LogP contribution in [0.3, 0.4) is 0 Å². The SMILES string of the molecule is CCC1CCCC(n2c(C)c(C)c3c(N)ncnc32)C1. The summed E-state index contributed by atoms with van der Waals surface area (Å²) in [4.78, 5) is 8.67. The first-order chi connectivity index (χ1) is 9.63. The maximum atomic E-state index is 6.06. The molecular formula is C16H24N4. The normalized spacial score (nSPS) is 23.4. The van der Waals surface area contributed by atoms with Gasteiger partial charge in [0, 0.05) is 11.7 Å². The van der Waals surface area contributed by atoms with Crippen molar-refractivity contribution in [2.45, 2.75) is 58.9 Å². The lowest BCUT2D eigenvalue weighted by Gasteiger charge is -2.30. The van der Waals surface area contributed by atoms with Gasteiger partial charge in [0.25, 0.3) is 0 Å². The second-order valence-corrected chi connectivity index (χ2v) is 6.13. The Morgan fingerprint density at radius 3 is 2.85 bits per heavy atom. The molecule has 4 nitrogen and oxygen atoms in total. The molecule has 1 aliphatic carbocycles. The van der Waals surface area contributed by atoms with Crippen molar-refractivity contribution in [3.63, 3.8) is 0 Å². The summed E-state index contributed by atoms with van der Waals surface area (Å²) in [5.74, 6) is 1.46. The van der Waals surface area contributed by atoms with Crippen LogP contribution in [0.2, 0.25) is 0 Å². The van der Waals surface area contributed by atoms with E-state index in [1.807, 2.05) is 0 Å². The molecule has 1 saturated carbocycles. The molecule has 0 saturated heterocycles. The molecule has 4 heteroatoms. The maximum Gasteiger partial charge on any atom is 0.146 e. The number of aryl methyl sites for hydroxylation is 1. The van der Waals surface area contributed by atoms with Gasteiger partial charge in [0.05, 0.1) is 5.39 Å². The Labute approximate surface area is 120 Å². The van der Waals surface area contributed by atoms with Crippen LogP contribution in [0, 0.1) is 19.8 Å². The summed E-state index contributed by atoms with van der Waals surface area (Å²) in [5, 5.41) is 1.05. The van der Waals surface area contributed by atoms with Crippen LogP contribution in [0.25, 0.3) is 11.0 Å². The Hall–Kier alpha value is -1.58. The highest BCUT2D eigenvalue weighted by atomic mass is 15.1. The second-order valence-electron chi connectivity index (χ2n) is 6.13. The van der Waals surface area contributed by atoms with Crippen LogP contribution in [0.5, 0.6) is 0 Å². The average molecular weight is 272 g/mol. The second kappa shape index (κ2) is 5.08. The molecule has 1 fully saturated rings. The summed E-state index contributed by atoms with van der Waals surface area (Å²) in [6.07, 6.45) is 8.09. The molecule has 0 aliphatic heterocycles. The van der Waals surface area contributed by atoms with Gasteiger partial charge in [0.1, 0.15) is 17.8 Å². The standard InChI is InChI=1S/C16H24N4/c1-4-12-6-5-7-13(8-12)20-11(3)10(2)14-15(17)18-9-19-16(14)20/h9,12-13H,4-8H2,1-3H3,(H2,17,18,19). The van der Waals surface area contributed by atoms with E-state index in [0.717, 1.165) is 17.0 Å². The van der Waals surface area contributed by atoms with Crippen molar-refractivity contribution in [3.8, 4) is 0 Å². The number of aromatic nitrogens is 3. The van der Waals surface area contributed by atoms with E-state index >= 15 is 0 Å². The Morgan fingerprint density at radius 2 is 2.10 bits per heavy atom. The van der Waals surface area contributed by atoms with Crippen LogP contribution in [-0.4, -0.2) is 14.5 Å². The molecule has 2 atom stereocenters. The van der Waals surface area contributed by atoms with Gasteiger partial charge in [0.15, 0.2) is 0 Å². The fourth-order valence-corrected chi connectivity index (χ4v) is 3.77. The highest BCUT2D eigenvalue weighted by molar-refractivity contribution is 5.90. The fraction of sp³-hybridized carbons (Fsp3) is 0.625. The van der Waals surface area contributed by atoms with Crippen LogP contribution < -0.4 is 5.73 Å². The van der Waals surface area contributed by atoms with E-state index in [1.54, 1.807) is 6.33 Å². The van der Waals surface area contributed by atoms with E-state index in [-0.39, 0.29) is 0 Å². The lowest BCUT2D eigenvalue weighted by Crippen LogP contribution is -2.20. The van der Waals surface area contributed by atoms with Crippen molar-refractivity contribution < 1.29 is 0 Å².